The summed E-state index contributed by atoms with van der Waals surface area (Å²) in [6.07, 6.45) is 0. The third-order valence-corrected chi connectivity index (χ3v) is 3.41. The third-order valence-electron chi connectivity index (χ3n) is 3.41. The molecule has 1 aliphatic heterocycles. The summed E-state index contributed by atoms with van der Waals surface area (Å²) in [5, 5.41) is 27.9. The van der Waals surface area contributed by atoms with Gasteiger partial charge in [0.2, 0.25) is 12.7 Å². The molecule has 0 atom stereocenters. The summed E-state index contributed by atoms with van der Waals surface area (Å²) >= 11 is 0. The minimum Gasteiger partial charge on any atom is -0.474 e. The molecule has 120 valence electrons. The van der Waals surface area contributed by atoms with Gasteiger partial charge < -0.3 is 25.1 Å². The van der Waals surface area contributed by atoms with Gasteiger partial charge in [-0.05, 0) is 17.7 Å². The lowest BCUT2D eigenvalue weighted by Gasteiger charge is -2.13. The molecule has 0 saturated heterocycles. The molecular formula is C16H12N4O4. The molecule has 0 radical (unpaired) electrons. The van der Waals surface area contributed by atoms with Crippen LogP contribution in [0.15, 0.2) is 18.2 Å². The SMILES string of the molecule is N#Cc1c(N)nc(OCCO)c(C#N)c1-c1ccc2c(c1)OCO2. The van der Waals surface area contributed by atoms with E-state index in [4.69, 9.17) is 25.1 Å². The van der Waals surface area contributed by atoms with Crippen molar-refractivity contribution in [3.8, 4) is 40.6 Å². The standard InChI is InChI=1S/C16H12N4O4/c17-6-10-14(9-1-2-12-13(5-9)24-8-23-12)11(7-18)16(20-15(10)19)22-4-3-21/h1-2,5,21H,3-4,8H2,(H2,19,20). The van der Waals surface area contributed by atoms with Crippen molar-refractivity contribution in [3.05, 3.63) is 29.3 Å². The maximum absolute atomic E-state index is 9.53. The maximum Gasteiger partial charge on any atom is 0.234 e. The van der Waals surface area contributed by atoms with Gasteiger partial charge in [-0.15, -0.1) is 0 Å². The summed E-state index contributed by atoms with van der Waals surface area (Å²) in [7, 11) is 0. The predicted octanol–water partition coefficient (Wildman–Crippen LogP) is 1.17. The van der Waals surface area contributed by atoms with E-state index in [0.29, 0.717) is 22.6 Å². The van der Waals surface area contributed by atoms with E-state index in [1.807, 2.05) is 12.1 Å². The first-order valence-electron chi connectivity index (χ1n) is 6.97. The third kappa shape index (κ3) is 2.51. The molecular weight excluding hydrogens is 312 g/mol. The van der Waals surface area contributed by atoms with Gasteiger partial charge in [-0.1, -0.05) is 6.07 Å². The van der Waals surface area contributed by atoms with Crippen LogP contribution in [0.25, 0.3) is 11.1 Å². The van der Waals surface area contributed by atoms with Gasteiger partial charge >= 0.3 is 0 Å². The number of hydrogen-bond donors (Lipinski definition) is 2. The van der Waals surface area contributed by atoms with E-state index < -0.39 is 0 Å². The first kappa shape index (κ1) is 15.4. The number of rotatable bonds is 4. The highest BCUT2D eigenvalue weighted by Gasteiger charge is 2.23. The summed E-state index contributed by atoms with van der Waals surface area (Å²) in [6, 6.07) is 9.01. The molecule has 0 saturated carbocycles. The number of nitriles is 2. The lowest BCUT2D eigenvalue weighted by Crippen LogP contribution is -2.09. The predicted molar refractivity (Wildman–Crippen MR) is 82.2 cm³/mol. The van der Waals surface area contributed by atoms with Crippen LogP contribution >= 0.6 is 0 Å². The van der Waals surface area contributed by atoms with Gasteiger partial charge in [-0.25, -0.2) is 0 Å². The zero-order valence-corrected chi connectivity index (χ0v) is 12.4. The summed E-state index contributed by atoms with van der Waals surface area (Å²) in [4.78, 5) is 3.95. The highest BCUT2D eigenvalue weighted by Crippen LogP contribution is 2.40. The van der Waals surface area contributed by atoms with Crippen LogP contribution in [0.1, 0.15) is 11.1 Å². The van der Waals surface area contributed by atoms with E-state index in [2.05, 4.69) is 4.98 Å². The molecule has 1 aromatic carbocycles. The molecule has 3 rings (SSSR count). The maximum atomic E-state index is 9.53. The van der Waals surface area contributed by atoms with Crippen molar-refractivity contribution in [2.75, 3.05) is 25.7 Å². The molecule has 2 aromatic rings. The van der Waals surface area contributed by atoms with Crippen LogP contribution in [0.5, 0.6) is 17.4 Å². The number of nitrogens with zero attached hydrogens (tertiary/aromatic N) is 3. The molecule has 8 heteroatoms. The number of aromatic nitrogens is 1. The first-order valence-corrected chi connectivity index (χ1v) is 6.97. The van der Waals surface area contributed by atoms with E-state index in [1.165, 1.54) is 0 Å². The first-order chi connectivity index (χ1) is 11.7. The molecule has 1 aliphatic rings. The second-order valence-corrected chi connectivity index (χ2v) is 4.79. The van der Waals surface area contributed by atoms with Crippen molar-refractivity contribution in [1.29, 1.82) is 10.5 Å². The highest BCUT2D eigenvalue weighted by atomic mass is 16.7. The van der Waals surface area contributed by atoms with Gasteiger partial charge in [-0.2, -0.15) is 15.5 Å². The van der Waals surface area contributed by atoms with E-state index in [0.717, 1.165) is 0 Å². The molecule has 2 heterocycles. The molecule has 0 unspecified atom stereocenters. The van der Waals surface area contributed by atoms with Gasteiger partial charge in [0.05, 0.1) is 6.61 Å². The molecule has 0 spiro atoms. The van der Waals surface area contributed by atoms with Crippen molar-refractivity contribution < 1.29 is 19.3 Å². The zero-order valence-electron chi connectivity index (χ0n) is 12.4. The Morgan fingerprint density at radius 2 is 1.96 bits per heavy atom. The molecule has 3 N–H and O–H groups in total. The number of nitrogen functional groups attached to an aromatic ring is 1. The molecule has 0 bridgehead atoms. The number of aliphatic hydroxyl groups excluding tert-OH is 1. The smallest absolute Gasteiger partial charge is 0.234 e. The number of nitrogens with two attached hydrogens (primary N) is 1. The second-order valence-electron chi connectivity index (χ2n) is 4.79. The summed E-state index contributed by atoms with van der Waals surface area (Å²) in [5.41, 5.74) is 6.83. The molecule has 24 heavy (non-hydrogen) atoms. The molecule has 0 fully saturated rings. The Labute approximate surface area is 137 Å². The molecule has 8 nitrogen and oxygen atoms in total. The van der Waals surface area contributed by atoms with E-state index in [1.54, 1.807) is 18.2 Å². The fourth-order valence-corrected chi connectivity index (χ4v) is 2.39. The molecule has 0 aliphatic carbocycles. The normalized spacial score (nSPS) is 11.6. The van der Waals surface area contributed by atoms with Crippen LogP contribution in [0.2, 0.25) is 0 Å². The largest absolute Gasteiger partial charge is 0.474 e. The number of fused-ring (bicyclic) bond motifs is 1. The molecule has 0 amide bonds. The average molecular weight is 324 g/mol. The lowest BCUT2D eigenvalue weighted by atomic mass is 9.96. The van der Waals surface area contributed by atoms with Gasteiger partial charge in [0.1, 0.15) is 35.7 Å². The lowest BCUT2D eigenvalue weighted by molar-refractivity contribution is 0.174. The van der Waals surface area contributed by atoms with Crippen LogP contribution in [0.4, 0.5) is 5.82 Å². The Bertz CT molecular complexity index is 883. The van der Waals surface area contributed by atoms with Gasteiger partial charge in [0.15, 0.2) is 11.5 Å². The highest BCUT2D eigenvalue weighted by molar-refractivity contribution is 5.83. The Hall–Kier alpha value is -3.49. The summed E-state index contributed by atoms with van der Waals surface area (Å²) in [5.74, 6) is 0.996. The Balaban J connectivity index is 2.23. The Morgan fingerprint density at radius 1 is 1.21 bits per heavy atom. The van der Waals surface area contributed by atoms with Crippen molar-refractivity contribution in [2.24, 2.45) is 0 Å². The number of benzene rings is 1. The van der Waals surface area contributed by atoms with E-state index in [9.17, 15) is 10.5 Å². The quantitative estimate of drug-likeness (QED) is 0.855. The molecule has 1 aromatic heterocycles. The zero-order chi connectivity index (χ0) is 17.1. The number of hydrogen-bond acceptors (Lipinski definition) is 8. The number of aliphatic hydroxyl groups is 1. The van der Waals surface area contributed by atoms with Gasteiger partial charge in [0.25, 0.3) is 0 Å². The van der Waals surface area contributed by atoms with E-state index >= 15 is 0 Å². The fourth-order valence-electron chi connectivity index (χ4n) is 2.39. The van der Waals surface area contributed by atoms with Crippen molar-refractivity contribution in [3.63, 3.8) is 0 Å². The van der Waals surface area contributed by atoms with Gasteiger partial charge in [-0.3, -0.25) is 0 Å². The van der Waals surface area contributed by atoms with Crippen LogP contribution in [-0.2, 0) is 0 Å². The van der Waals surface area contributed by atoms with Gasteiger partial charge in [0, 0.05) is 5.56 Å². The second kappa shape index (κ2) is 6.32. The Morgan fingerprint density at radius 3 is 2.67 bits per heavy atom. The van der Waals surface area contributed by atoms with Crippen LogP contribution < -0.4 is 19.9 Å². The summed E-state index contributed by atoms with van der Waals surface area (Å²) in [6.45, 7) is -0.183. The minimum absolute atomic E-state index is 0.0317. The van der Waals surface area contributed by atoms with Crippen LogP contribution in [0.3, 0.4) is 0 Å². The van der Waals surface area contributed by atoms with Crippen molar-refractivity contribution >= 4 is 5.82 Å². The summed E-state index contributed by atoms with van der Waals surface area (Å²) < 4.78 is 15.9. The van der Waals surface area contributed by atoms with Crippen LogP contribution in [0, 0.1) is 22.7 Å². The topological polar surface area (TPSA) is 134 Å². The van der Waals surface area contributed by atoms with Crippen molar-refractivity contribution in [2.45, 2.75) is 0 Å². The average Bonchev–Trinajstić information content (AvgIpc) is 3.06. The van der Waals surface area contributed by atoms with Crippen LogP contribution in [-0.4, -0.2) is 30.1 Å². The number of anilines is 1. The number of pyridine rings is 1. The fraction of sp³-hybridized carbons (Fsp3) is 0.188. The monoisotopic (exact) mass is 324 g/mol. The minimum atomic E-state index is -0.244. The van der Waals surface area contributed by atoms with E-state index in [-0.39, 0.29) is 42.8 Å². The Kier molecular flexibility index (Phi) is 4.06. The number of ether oxygens (including phenoxy) is 3. The van der Waals surface area contributed by atoms with Crippen molar-refractivity contribution in [1.82, 2.24) is 4.98 Å².